The molecule has 3 aliphatic rings. The molecule has 0 aliphatic carbocycles. The molecule has 0 radical (unpaired) electrons. The zero-order chi connectivity index (χ0) is 14.1. The number of hydrogen-bond donors (Lipinski definition) is 1. The largest absolute Gasteiger partial charge is 0.378 e. The van der Waals surface area contributed by atoms with Crippen LogP contribution in [0, 0.1) is 0 Å². The summed E-state index contributed by atoms with van der Waals surface area (Å²) in [5, 5.41) is 3.71. The van der Waals surface area contributed by atoms with Gasteiger partial charge in [-0.3, -0.25) is 9.80 Å². The Hall–Kier alpha value is -0.0700. The van der Waals surface area contributed by atoms with Gasteiger partial charge in [-0.15, -0.1) is 37.2 Å². The van der Waals surface area contributed by atoms with Gasteiger partial charge >= 0.3 is 0 Å². The van der Waals surface area contributed by atoms with E-state index in [1.165, 1.54) is 37.3 Å². The fourth-order valence-electron chi connectivity index (χ4n) is 3.94. The van der Waals surface area contributed by atoms with Crippen molar-refractivity contribution in [2.24, 2.45) is 0 Å². The molecule has 1 N–H and O–H groups in total. The van der Waals surface area contributed by atoms with Gasteiger partial charge in [0.1, 0.15) is 0 Å². The average molecular weight is 397 g/mol. The molecule has 24 heavy (non-hydrogen) atoms. The Labute approximate surface area is 163 Å². The van der Waals surface area contributed by atoms with E-state index < -0.39 is 0 Å². The molecule has 4 nitrogen and oxygen atoms in total. The Morgan fingerprint density at radius 3 is 2.67 bits per heavy atom. The summed E-state index contributed by atoms with van der Waals surface area (Å²) in [6, 6.07) is 10.1. The van der Waals surface area contributed by atoms with Crippen LogP contribution in [0.3, 0.4) is 0 Å². The first-order chi connectivity index (χ1) is 10.4. The molecular formula is C17H28Cl3N3O. The van der Waals surface area contributed by atoms with E-state index in [0.717, 1.165) is 32.7 Å². The Bertz CT molecular complexity index is 506. The summed E-state index contributed by atoms with van der Waals surface area (Å²) in [4.78, 5) is 5.23. The third-order valence-electron chi connectivity index (χ3n) is 5.17. The first-order valence-corrected chi connectivity index (χ1v) is 8.23. The van der Waals surface area contributed by atoms with Gasteiger partial charge in [0, 0.05) is 51.4 Å². The summed E-state index contributed by atoms with van der Waals surface area (Å²) in [6.45, 7) is 8.71. The van der Waals surface area contributed by atoms with Crippen molar-refractivity contribution in [2.75, 3.05) is 45.9 Å². The van der Waals surface area contributed by atoms with Gasteiger partial charge in [0.15, 0.2) is 0 Å². The standard InChI is InChI=1S/C17H25N3O.3ClH/c1-2-4-15-10-18-16(9-14(15)3-1)11-19-5-6-20-7-8-21-13-17(20)12-19;;;/h1-4,16-18H,5-13H2;3*1H/t16-,17-;;;/m0.../s1. The number of piperazine rings is 1. The highest BCUT2D eigenvalue weighted by molar-refractivity contribution is 5.86. The maximum Gasteiger partial charge on any atom is 0.0634 e. The highest BCUT2D eigenvalue weighted by Gasteiger charge is 2.30. The fourth-order valence-corrected chi connectivity index (χ4v) is 3.94. The van der Waals surface area contributed by atoms with Gasteiger partial charge in [0.05, 0.1) is 13.2 Å². The molecule has 0 saturated carbocycles. The molecule has 138 valence electrons. The number of nitrogens with one attached hydrogen (secondary N) is 1. The molecule has 1 aromatic carbocycles. The summed E-state index contributed by atoms with van der Waals surface area (Å²) in [5.41, 5.74) is 3.00. The molecule has 0 bridgehead atoms. The normalized spacial score (nSPS) is 26.8. The molecular weight excluding hydrogens is 369 g/mol. The van der Waals surface area contributed by atoms with E-state index in [9.17, 15) is 0 Å². The third kappa shape index (κ3) is 4.98. The number of nitrogens with zero attached hydrogens (tertiary/aromatic N) is 2. The van der Waals surface area contributed by atoms with Gasteiger partial charge in [0.2, 0.25) is 0 Å². The number of hydrogen-bond acceptors (Lipinski definition) is 4. The fraction of sp³-hybridized carbons (Fsp3) is 0.647. The van der Waals surface area contributed by atoms with E-state index in [-0.39, 0.29) is 37.2 Å². The summed E-state index contributed by atoms with van der Waals surface area (Å²) >= 11 is 0. The summed E-state index contributed by atoms with van der Waals surface area (Å²) in [7, 11) is 0. The molecule has 2 saturated heterocycles. The molecule has 2 atom stereocenters. The summed E-state index contributed by atoms with van der Waals surface area (Å²) < 4.78 is 5.64. The van der Waals surface area contributed by atoms with Crippen LogP contribution in [0.1, 0.15) is 11.1 Å². The van der Waals surface area contributed by atoms with Crippen LogP contribution in [0.5, 0.6) is 0 Å². The second-order valence-corrected chi connectivity index (χ2v) is 6.57. The predicted octanol–water partition coefficient (Wildman–Crippen LogP) is 1.98. The second kappa shape index (κ2) is 10.2. The third-order valence-corrected chi connectivity index (χ3v) is 5.17. The molecule has 1 aromatic rings. The lowest BCUT2D eigenvalue weighted by atomic mass is 9.95. The molecule has 4 rings (SSSR count). The van der Waals surface area contributed by atoms with Gasteiger partial charge in [-0.2, -0.15) is 0 Å². The predicted molar refractivity (Wildman–Crippen MR) is 105 cm³/mol. The van der Waals surface area contributed by atoms with Gasteiger partial charge < -0.3 is 10.1 Å². The topological polar surface area (TPSA) is 27.7 Å². The molecule has 0 amide bonds. The average Bonchev–Trinajstić information content (AvgIpc) is 2.55. The highest BCUT2D eigenvalue weighted by Crippen LogP contribution is 2.19. The number of benzene rings is 1. The lowest BCUT2D eigenvalue weighted by Crippen LogP contribution is -2.59. The second-order valence-electron chi connectivity index (χ2n) is 6.57. The Morgan fingerprint density at radius 1 is 1.04 bits per heavy atom. The van der Waals surface area contributed by atoms with Crippen LogP contribution in [0.15, 0.2) is 24.3 Å². The molecule has 3 aliphatic heterocycles. The van der Waals surface area contributed by atoms with Gasteiger partial charge in [0.25, 0.3) is 0 Å². The zero-order valence-corrected chi connectivity index (χ0v) is 16.3. The van der Waals surface area contributed by atoms with Gasteiger partial charge in [-0.25, -0.2) is 0 Å². The minimum Gasteiger partial charge on any atom is -0.378 e. The number of ether oxygens (including phenoxy) is 1. The van der Waals surface area contributed by atoms with Crippen LogP contribution in [-0.4, -0.2) is 67.8 Å². The lowest BCUT2D eigenvalue weighted by Gasteiger charge is -2.44. The Kier molecular flexibility index (Phi) is 9.31. The van der Waals surface area contributed by atoms with Crippen molar-refractivity contribution < 1.29 is 4.74 Å². The van der Waals surface area contributed by atoms with E-state index in [4.69, 9.17) is 4.74 Å². The van der Waals surface area contributed by atoms with Crippen LogP contribution in [-0.2, 0) is 17.7 Å². The zero-order valence-electron chi connectivity index (χ0n) is 13.9. The van der Waals surface area contributed by atoms with Crippen LogP contribution in [0.4, 0.5) is 0 Å². The van der Waals surface area contributed by atoms with E-state index in [2.05, 4.69) is 39.4 Å². The van der Waals surface area contributed by atoms with Gasteiger partial charge in [-0.1, -0.05) is 24.3 Å². The summed E-state index contributed by atoms with van der Waals surface area (Å²) in [6.07, 6.45) is 1.16. The van der Waals surface area contributed by atoms with Crippen molar-refractivity contribution in [1.82, 2.24) is 15.1 Å². The Balaban J connectivity index is 0.000000960. The first-order valence-electron chi connectivity index (χ1n) is 8.23. The Morgan fingerprint density at radius 2 is 1.83 bits per heavy atom. The number of fused-ring (bicyclic) bond motifs is 2. The summed E-state index contributed by atoms with van der Waals surface area (Å²) in [5.74, 6) is 0. The molecule has 0 unspecified atom stereocenters. The SMILES string of the molecule is Cl.Cl.Cl.c1ccc2c(c1)CN[C@H](CN1CCN3CCOC[C@@H]3C1)C2. The van der Waals surface area contributed by atoms with E-state index in [0.29, 0.717) is 12.1 Å². The molecule has 0 spiro atoms. The minimum atomic E-state index is 0. The van der Waals surface area contributed by atoms with Crippen molar-refractivity contribution in [1.29, 1.82) is 0 Å². The quantitative estimate of drug-likeness (QED) is 0.827. The van der Waals surface area contributed by atoms with E-state index in [1.807, 2.05) is 0 Å². The number of rotatable bonds is 2. The maximum absolute atomic E-state index is 5.64. The highest BCUT2D eigenvalue weighted by atomic mass is 35.5. The molecule has 0 aromatic heterocycles. The smallest absolute Gasteiger partial charge is 0.0634 e. The minimum absolute atomic E-state index is 0. The van der Waals surface area contributed by atoms with Crippen LogP contribution < -0.4 is 5.32 Å². The molecule has 3 heterocycles. The van der Waals surface area contributed by atoms with Crippen molar-refractivity contribution in [2.45, 2.75) is 25.0 Å². The van der Waals surface area contributed by atoms with Gasteiger partial charge in [-0.05, 0) is 17.5 Å². The number of halogens is 3. The monoisotopic (exact) mass is 395 g/mol. The lowest BCUT2D eigenvalue weighted by molar-refractivity contribution is -0.0460. The van der Waals surface area contributed by atoms with Crippen LogP contribution >= 0.6 is 37.2 Å². The molecule has 2 fully saturated rings. The van der Waals surface area contributed by atoms with E-state index in [1.54, 1.807) is 0 Å². The van der Waals surface area contributed by atoms with Crippen LogP contribution in [0.25, 0.3) is 0 Å². The first kappa shape index (κ1) is 22.0. The van der Waals surface area contributed by atoms with Crippen molar-refractivity contribution in [3.05, 3.63) is 35.4 Å². The van der Waals surface area contributed by atoms with Crippen molar-refractivity contribution in [3.8, 4) is 0 Å². The van der Waals surface area contributed by atoms with Crippen molar-refractivity contribution in [3.63, 3.8) is 0 Å². The number of morpholine rings is 1. The van der Waals surface area contributed by atoms with Crippen LogP contribution in [0.2, 0.25) is 0 Å². The van der Waals surface area contributed by atoms with Crippen molar-refractivity contribution >= 4 is 37.2 Å². The maximum atomic E-state index is 5.64. The molecule has 7 heteroatoms. The van der Waals surface area contributed by atoms with E-state index >= 15 is 0 Å².